The Balaban J connectivity index is 2.43. The van der Waals surface area contributed by atoms with Crippen molar-refractivity contribution >= 4 is 23.0 Å². The highest BCUT2D eigenvalue weighted by molar-refractivity contribution is 5.91. The normalized spacial score (nSPS) is 9.95. The van der Waals surface area contributed by atoms with Gasteiger partial charge in [0.2, 0.25) is 0 Å². The summed E-state index contributed by atoms with van der Waals surface area (Å²) >= 11 is 0. The van der Waals surface area contributed by atoms with E-state index in [2.05, 4.69) is 0 Å². The minimum absolute atomic E-state index is 0.153. The molecular formula is C15H12FN3O2. The van der Waals surface area contributed by atoms with Crippen molar-refractivity contribution in [1.82, 2.24) is 0 Å². The monoisotopic (exact) mass is 285 g/mol. The summed E-state index contributed by atoms with van der Waals surface area (Å²) < 4.78 is 13.8. The maximum Gasteiger partial charge on any atom is 0.338 e. The molecule has 2 aromatic carbocycles. The average molecular weight is 285 g/mol. The van der Waals surface area contributed by atoms with E-state index in [1.807, 2.05) is 6.07 Å². The van der Waals surface area contributed by atoms with Gasteiger partial charge in [-0.05, 0) is 30.3 Å². The van der Waals surface area contributed by atoms with Crippen molar-refractivity contribution in [3.05, 3.63) is 53.3 Å². The number of nitrogen functional groups attached to an aromatic ring is 1. The van der Waals surface area contributed by atoms with Crippen LogP contribution in [-0.2, 0) is 0 Å². The molecule has 0 amide bonds. The fraction of sp³-hybridized carbons (Fsp3) is 0.0667. The molecule has 0 aliphatic carbocycles. The second kappa shape index (κ2) is 5.51. The zero-order valence-corrected chi connectivity index (χ0v) is 11.2. The van der Waals surface area contributed by atoms with Gasteiger partial charge in [-0.25, -0.2) is 9.18 Å². The third-order valence-electron chi connectivity index (χ3n) is 3.09. The van der Waals surface area contributed by atoms with E-state index in [0.717, 1.165) is 12.1 Å². The lowest BCUT2D eigenvalue weighted by Gasteiger charge is -2.21. The molecule has 0 bridgehead atoms. The Morgan fingerprint density at radius 3 is 2.48 bits per heavy atom. The van der Waals surface area contributed by atoms with Crippen molar-refractivity contribution in [2.24, 2.45) is 0 Å². The highest BCUT2D eigenvalue weighted by Gasteiger charge is 2.16. The molecule has 2 rings (SSSR count). The van der Waals surface area contributed by atoms with Crippen molar-refractivity contribution in [2.45, 2.75) is 0 Å². The van der Waals surface area contributed by atoms with Crippen LogP contribution in [0.5, 0.6) is 0 Å². The minimum atomic E-state index is -1.37. The third-order valence-corrected chi connectivity index (χ3v) is 3.09. The summed E-state index contributed by atoms with van der Waals surface area (Å²) in [6.07, 6.45) is 0. The molecule has 0 saturated carbocycles. The van der Waals surface area contributed by atoms with E-state index in [1.165, 1.54) is 0 Å². The topological polar surface area (TPSA) is 90.3 Å². The molecule has 0 saturated heterocycles. The summed E-state index contributed by atoms with van der Waals surface area (Å²) in [5.41, 5.74) is 7.04. The smallest absolute Gasteiger partial charge is 0.338 e. The van der Waals surface area contributed by atoms with E-state index in [-0.39, 0.29) is 5.69 Å². The van der Waals surface area contributed by atoms with Crippen LogP contribution in [0.2, 0.25) is 0 Å². The number of carbonyl (C=O) groups is 1. The second-order valence-electron chi connectivity index (χ2n) is 4.41. The van der Waals surface area contributed by atoms with Gasteiger partial charge in [-0.15, -0.1) is 0 Å². The number of rotatable bonds is 3. The molecule has 0 aliphatic heterocycles. The Hall–Kier alpha value is -3.07. The highest BCUT2D eigenvalue weighted by Crippen LogP contribution is 2.31. The van der Waals surface area contributed by atoms with Gasteiger partial charge < -0.3 is 15.7 Å². The van der Waals surface area contributed by atoms with Crippen molar-refractivity contribution < 1.29 is 14.3 Å². The standard InChI is InChI=1S/C15H12FN3O2/c1-19(10-4-2-9(8-17)3-5-10)14-7-12(16)11(15(20)21)6-13(14)18/h2-7H,18H2,1H3,(H,20,21). The molecule has 5 nitrogen and oxygen atoms in total. The second-order valence-corrected chi connectivity index (χ2v) is 4.41. The van der Waals surface area contributed by atoms with E-state index in [9.17, 15) is 9.18 Å². The van der Waals surface area contributed by atoms with Crippen molar-refractivity contribution in [1.29, 1.82) is 5.26 Å². The van der Waals surface area contributed by atoms with E-state index in [4.69, 9.17) is 16.1 Å². The van der Waals surface area contributed by atoms with Gasteiger partial charge in [-0.1, -0.05) is 0 Å². The van der Waals surface area contributed by atoms with Gasteiger partial charge in [0, 0.05) is 18.8 Å². The molecule has 0 aliphatic rings. The lowest BCUT2D eigenvalue weighted by Crippen LogP contribution is -2.13. The summed E-state index contributed by atoms with van der Waals surface area (Å²) in [5, 5.41) is 17.6. The van der Waals surface area contributed by atoms with Gasteiger partial charge in [0.05, 0.1) is 28.6 Å². The van der Waals surface area contributed by atoms with Crippen LogP contribution in [0.4, 0.5) is 21.5 Å². The van der Waals surface area contributed by atoms with Crippen molar-refractivity contribution in [3.63, 3.8) is 0 Å². The van der Waals surface area contributed by atoms with Crippen LogP contribution in [0.3, 0.4) is 0 Å². The lowest BCUT2D eigenvalue weighted by molar-refractivity contribution is 0.0692. The third kappa shape index (κ3) is 2.77. The molecule has 0 unspecified atom stereocenters. The number of hydrogen-bond donors (Lipinski definition) is 2. The molecular weight excluding hydrogens is 273 g/mol. The van der Waals surface area contributed by atoms with E-state index in [1.54, 1.807) is 36.2 Å². The Morgan fingerprint density at radius 2 is 1.95 bits per heavy atom. The first-order valence-electron chi connectivity index (χ1n) is 6.00. The number of carboxylic acids is 1. The number of benzene rings is 2. The van der Waals surface area contributed by atoms with Gasteiger partial charge in [0.15, 0.2) is 0 Å². The van der Waals surface area contributed by atoms with Crippen LogP contribution >= 0.6 is 0 Å². The van der Waals surface area contributed by atoms with Crippen molar-refractivity contribution in [3.8, 4) is 6.07 Å². The summed E-state index contributed by atoms with van der Waals surface area (Å²) in [6, 6.07) is 10.8. The first-order chi connectivity index (χ1) is 9.93. The van der Waals surface area contributed by atoms with Gasteiger partial charge in [0.1, 0.15) is 5.82 Å². The van der Waals surface area contributed by atoms with Gasteiger partial charge in [0.25, 0.3) is 0 Å². The Bertz CT molecular complexity index is 736. The number of nitrogens with two attached hydrogens (primary N) is 1. The van der Waals surface area contributed by atoms with Gasteiger partial charge >= 0.3 is 5.97 Å². The number of nitrogens with zero attached hydrogens (tertiary/aromatic N) is 2. The van der Waals surface area contributed by atoms with E-state index in [0.29, 0.717) is 16.9 Å². The van der Waals surface area contributed by atoms with Crippen LogP contribution in [0.25, 0.3) is 0 Å². The predicted molar refractivity (Wildman–Crippen MR) is 77.0 cm³/mol. The van der Waals surface area contributed by atoms with Crippen molar-refractivity contribution in [2.75, 3.05) is 17.7 Å². The Morgan fingerprint density at radius 1 is 1.33 bits per heavy atom. The minimum Gasteiger partial charge on any atom is -0.478 e. The molecule has 0 aromatic heterocycles. The largest absolute Gasteiger partial charge is 0.478 e. The maximum atomic E-state index is 13.8. The molecule has 6 heteroatoms. The van der Waals surface area contributed by atoms with Gasteiger partial charge in [-0.3, -0.25) is 0 Å². The van der Waals surface area contributed by atoms with E-state index >= 15 is 0 Å². The molecule has 0 fully saturated rings. The predicted octanol–water partition coefficient (Wildman–Crippen LogP) is 2.75. The number of nitriles is 1. The Labute approximate surface area is 120 Å². The summed E-state index contributed by atoms with van der Waals surface area (Å²) in [7, 11) is 1.67. The number of aromatic carboxylic acids is 1. The highest BCUT2D eigenvalue weighted by atomic mass is 19.1. The summed E-state index contributed by atoms with van der Waals surface area (Å²) in [6.45, 7) is 0. The number of halogens is 1. The first-order valence-corrected chi connectivity index (χ1v) is 6.00. The number of hydrogen-bond acceptors (Lipinski definition) is 4. The Kier molecular flexibility index (Phi) is 3.76. The maximum absolute atomic E-state index is 13.8. The molecule has 0 spiro atoms. The summed E-state index contributed by atoms with van der Waals surface area (Å²) in [5.74, 6) is -2.22. The van der Waals surface area contributed by atoms with Crippen LogP contribution in [0.15, 0.2) is 36.4 Å². The molecule has 21 heavy (non-hydrogen) atoms. The SMILES string of the molecule is CN(c1ccc(C#N)cc1)c1cc(F)c(C(=O)O)cc1N. The molecule has 0 heterocycles. The lowest BCUT2D eigenvalue weighted by atomic mass is 10.1. The van der Waals surface area contributed by atoms with Crippen LogP contribution in [0.1, 0.15) is 15.9 Å². The number of carboxylic acid groups (broad SMARTS) is 1. The van der Waals surface area contributed by atoms with Crippen LogP contribution < -0.4 is 10.6 Å². The first kappa shape index (κ1) is 14.3. The van der Waals surface area contributed by atoms with E-state index < -0.39 is 17.3 Å². The molecule has 0 atom stereocenters. The zero-order chi connectivity index (χ0) is 15.6. The fourth-order valence-electron chi connectivity index (χ4n) is 1.93. The fourth-order valence-corrected chi connectivity index (χ4v) is 1.93. The summed E-state index contributed by atoms with van der Waals surface area (Å²) in [4.78, 5) is 12.5. The molecule has 3 N–H and O–H groups in total. The quantitative estimate of drug-likeness (QED) is 0.846. The zero-order valence-electron chi connectivity index (χ0n) is 11.2. The van der Waals surface area contributed by atoms with Gasteiger partial charge in [-0.2, -0.15) is 5.26 Å². The molecule has 0 radical (unpaired) electrons. The van der Waals surface area contributed by atoms with Crippen LogP contribution in [0, 0.1) is 17.1 Å². The average Bonchev–Trinajstić information content (AvgIpc) is 2.48. The van der Waals surface area contributed by atoms with Crippen LogP contribution in [-0.4, -0.2) is 18.1 Å². The number of anilines is 3. The molecule has 106 valence electrons. The molecule has 2 aromatic rings.